The van der Waals surface area contributed by atoms with Crippen LogP contribution in [0.3, 0.4) is 0 Å². The molecule has 2 aromatic rings. The second kappa shape index (κ2) is 6.01. The first-order valence-corrected chi connectivity index (χ1v) is 6.82. The number of aliphatic hydroxyl groups excluding tert-OH is 3. The fourth-order valence-corrected chi connectivity index (χ4v) is 2.39. The molecule has 3 N–H and O–H groups in total. The Morgan fingerprint density at radius 1 is 1.23 bits per heavy atom. The maximum Gasteiger partial charge on any atom is 0.180 e. The topological polar surface area (TPSA) is 110 Å². The molecular weight excluding hydrogens is 290 g/mol. The predicted molar refractivity (Wildman–Crippen MR) is 75.0 cm³/mol. The average Bonchev–Trinajstić information content (AvgIpc) is 3.14. The zero-order valence-electron chi connectivity index (χ0n) is 11.9. The van der Waals surface area contributed by atoms with Gasteiger partial charge in [-0.25, -0.2) is 4.68 Å². The molecule has 2 heterocycles. The number of benzene rings is 1. The Labute approximate surface area is 126 Å². The van der Waals surface area contributed by atoms with Gasteiger partial charge in [-0.1, -0.05) is 5.21 Å². The number of ether oxygens (including phenoxy) is 2. The molecule has 0 aliphatic carbocycles. The highest BCUT2D eigenvalue weighted by atomic mass is 16.6. The maximum atomic E-state index is 9.97. The van der Waals surface area contributed by atoms with Gasteiger partial charge in [-0.15, -0.1) is 5.10 Å². The first-order chi connectivity index (χ1) is 10.6. The fraction of sp³-hybridized carbons (Fsp3) is 0.429. The molecule has 0 amide bonds. The molecular formula is C14H17N3O5. The van der Waals surface area contributed by atoms with Crippen LogP contribution in [0.1, 0.15) is 6.23 Å². The van der Waals surface area contributed by atoms with Gasteiger partial charge in [0, 0.05) is 5.56 Å². The molecule has 1 aliphatic rings. The normalized spacial score (nSPS) is 28.0. The second-order valence-electron chi connectivity index (χ2n) is 5.04. The SMILES string of the molecule is COc1ccc(-c2cn([C@@H]3O[C@H](CO)[C@@H](O)[C@H]3O)nn2)cc1. The Morgan fingerprint density at radius 2 is 1.95 bits per heavy atom. The molecule has 1 aromatic heterocycles. The largest absolute Gasteiger partial charge is 0.497 e. The molecule has 0 saturated carbocycles. The van der Waals surface area contributed by atoms with E-state index in [4.69, 9.17) is 14.6 Å². The third-order valence-corrected chi connectivity index (χ3v) is 3.67. The molecule has 8 nitrogen and oxygen atoms in total. The summed E-state index contributed by atoms with van der Waals surface area (Å²) in [6, 6.07) is 7.29. The summed E-state index contributed by atoms with van der Waals surface area (Å²) < 4.78 is 11.8. The van der Waals surface area contributed by atoms with Crippen molar-refractivity contribution in [2.45, 2.75) is 24.5 Å². The van der Waals surface area contributed by atoms with E-state index in [2.05, 4.69) is 10.3 Å². The zero-order chi connectivity index (χ0) is 15.7. The quantitative estimate of drug-likeness (QED) is 0.702. The summed E-state index contributed by atoms with van der Waals surface area (Å²) in [5.74, 6) is 0.736. The second-order valence-corrected chi connectivity index (χ2v) is 5.04. The fourth-order valence-electron chi connectivity index (χ4n) is 2.39. The number of hydrogen-bond donors (Lipinski definition) is 3. The van der Waals surface area contributed by atoms with Gasteiger partial charge in [0.15, 0.2) is 6.23 Å². The van der Waals surface area contributed by atoms with Crippen LogP contribution in [0.15, 0.2) is 30.5 Å². The molecule has 1 saturated heterocycles. The summed E-state index contributed by atoms with van der Waals surface area (Å²) in [7, 11) is 1.59. The summed E-state index contributed by atoms with van der Waals surface area (Å²) in [5.41, 5.74) is 1.43. The summed E-state index contributed by atoms with van der Waals surface area (Å²) >= 11 is 0. The monoisotopic (exact) mass is 307 g/mol. The van der Waals surface area contributed by atoms with Crippen LogP contribution in [0.25, 0.3) is 11.3 Å². The van der Waals surface area contributed by atoms with E-state index in [1.165, 1.54) is 4.68 Å². The molecule has 1 aliphatic heterocycles. The van der Waals surface area contributed by atoms with Crippen molar-refractivity contribution >= 4 is 0 Å². The highest BCUT2D eigenvalue weighted by Crippen LogP contribution is 2.29. The lowest BCUT2D eigenvalue weighted by Crippen LogP contribution is -2.33. The minimum absolute atomic E-state index is 0.380. The number of aromatic nitrogens is 3. The minimum Gasteiger partial charge on any atom is -0.497 e. The first kappa shape index (κ1) is 14.9. The van der Waals surface area contributed by atoms with Crippen LogP contribution in [-0.2, 0) is 4.74 Å². The highest BCUT2D eigenvalue weighted by molar-refractivity contribution is 5.58. The van der Waals surface area contributed by atoms with Gasteiger partial charge in [0.05, 0.1) is 19.9 Å². The van der Waals surface area contributed by atoms with E-state index in [0.29, 0.717) is 5.69 Å². The molecule has 0 bridgehead atoms. The molecule has 1 fully saturated rings. The van der Waals surface area contributed by atoms with Crippen LogP contribution in [0.2, 0.25) is 0 Å². The Bertz CT molecular complexity index is 630. The molecule has 1 aromatic carbocycles. The number of methoxy groups -OCH3 is 1. The Balaban J connectivity index is 1.81. The van der Waals surface area contributed by atoms with Gasteiger partial charge in [-0.3, -0.25) is 0 Å². The van der Waals surface area contributed by atoms with Gasteiger partial charge in [0.25, 0.3) is 0 Å². The molecule has 118 valence electrons. The standard InChI is InChI=1S/C14H17N3O5/c1-21-9-4-2-8(3-5-9)10-6-17(16-15-10)14-13(20)12(19)11(7-18)22-14/h2-6,11-14,18-20H,7H2,1H3/t11-,12-,13-,14-/m1/s1. The number of aliphatic hydroxyl groups is 3. The van der Waals surface area contributed by atoms with E-state index in [0.717, 1.165) is 11.3 Å². The summed E-state index contributed by atoms with van der Waals surface area (Å²) in [6.45, 7) is -0.380. The van der Waals surface area contributed by atoms with Crippen molar-refractivity contribution in [2.24, 2.45) is 0 Å². The number of rotatable bonds is 4. The molecule has 3 rings (SSSR count). The molecule has 8 heteroatoms. The van der Waals surface area contributed by atoms with Crippen molar-refractivity contribution < 1.29 is 24.8 Å². The summed E-state index contributed by atoms with van der Waals surface area (Å²) in [5, 5.41) is 36.8. The third kappa shape index (κ3) is 2.57. The van der Waals surface area contributed by atoms with Crippen LogP contribution < -0.4 is 4.74 Å². The number of nitrogens with zero attached hydrogens (tertiary/aromatic N) is 3. The van der Waals surface area contributed by atoms with Crippen molar-refractivity contribution in [3.05, 3.63) is 30.5 Å². The molecule has 0 unspecified atom stereocenters. The van der Waals surface area contributed by atoms with E-state index < -0.39 is 24.5 Å². The Morgan fingerprint density at radius 3 is 2.55 bits per heavy atom. The maximum absolute atomic E-state index is 9.97. The van der Waals surface area contributed by atoms with Crippen molar-refractivity contribution in [2.75, 3.05) is 13.7 Å². The molecule has 0 spiro atoms. The van der Waals surface area contributed by atoms with Crippen molar-refractivity contribution in [3.63, 3.8) is 0 Å². The van der Waals surface area contributed by atoms with E-state index in [9.17, 15) is 10.2 Å². The van der Waals surface area contributed by atoms with Gasteiger partial charge < -0.3 is 24.8 Å². The van der Waals surface area contributed by atoms with Crippen molar-refractivity contribution in [3.8, 4) is 17.0 Å². The van der Waals surface area contributed by atoms with E-state index in [1.54, 1.807) is 25.4 Å². The minimum atomic E-state index is -1.18. The van der Waals surface area contributed by atoms with Crippen LogP contribution in [0.4, 0.5) is 0 Å². The van der Waals surface area contributed by atoms with Gasteiger partial charge in [-0.05, 0) is 24.3 Å². The Kier molecular flexibility index (Phi) is 4.08. The lowest BCUT2D eigenvalue weighted by molar-refractivity contribution is -0.0593. The van der Waals surface area contributed by atoms with Gasteiger partial charge in [-0.2, -0.15) is 0 Å². The smallest absolute Gasteiger partial charge is 0.180 e. The zero-order valence-corrected chi connectivity index (χ0v) is 11.9. The number of hydrogen-bond acceptors (Lipinski definition) is 7. The first-order valence-electron chi connectivity index (χ1n) is 6.82. The van der Waals surface area contributed by atoms with Crippen LogP contribution in [-0.4, -0.2) is 62.3 Å². The van der Waals surface area contributed by atoms with Crippen molar-refractivity contribution in [1.82, 2.24) is 15.0 Å². The molecule has 0 radical (unpaired) electrons. The van der Waals surface area contributed by atoms with E-state index in [-0.39, 0.29) is 6.61 Å². The van der Waals surface area contributed by atoms with Gasteiger partial charge in [0.2, 0.25) is 0 Å². The van der Waals surface area contributed by atoms with Crippen molar-refractivity contribution in [1.29, 1.82) is 0 Å². The lowest BCUT2D eigenvalue weighted by atomic mass is 10.1. The average molecular weight is 307 g/mol. The summed E-state index contributed by atoms with van der Waals surface area (Å²) in [6.07, 6.45) is -2.45. The van der Waals surface area contributed by atoms with E-state index in [1.807, 2.05) is 12.1 Å². The predicted octanol–water partition coefficient (Wildman–Crippen LogP) is -0.435. The van der Waals surface area contributed by atoms with E-state index >= 15 is 0 Å². The molecule has 22 heavy (non-hydrogen) atoms. The highest BCUT2D eigenvalue weighted by Gasteiger charge is 2.43. The van der Waals surface area contributed by atoms with Gasteiger partial charge in [0.1, 0.15) is 29.8 Å². The summed E-state index contributed by atoms with van der Waals surface area (Å²) in [4.78, 5) is 0. The third-order valence-electron chi connectivity index (χ3n) is 3.67. The van der Waals surface area contributed by atoms with Gasteiger partial charge >= 0.3 is 0 Å². The lowest BCUT2D eigenvalue weighted by Gasteiger charge is -2.13. The van der Waals surface area contributed by atoms with Crippen LogP contribution in [0, 0.1) is 0 Å². The van der Waals surface area contributed by atoms with Crippen LogP contribution >= 0.6 is 0 Å². The van der Waals surface area contributed by atoms with Crippen LogP contribution in [0.5, 0.6) is 5.75 Å². The Hall–Kier alpha value is -2.00. The molecule has 4 atom stereocenters.